The average molecular weight is 712 g/mol. The number of rotatable bonds is 9. The smallest absolute Gasteiger partial charge is 0.405 e. The van der Waals surface area contributed by atoms with Gasteiger partial charge in [0.1, 0.15) is 23.3 Å². The third kappa shape index (κ3) is 13.1. The second-order valence-corrected chi connectivity index (χ2v) is 12.9. The van der Waals surface area contributed by atoms with E-state index >= 15 is 0 Å². The van der Waals surface area contributed by atoms with Crippen LogP contribution in [0.1, 0.15) is 46.1 Å². The first kappa shape index (κ1) is 42.2. The number of alkyl halides is 3. The number of benzene rings is 1. The van der Waals surface area contributed by atoms with Gasteiger partial charge in [-0.1, -0.05) is 38.2 Å². The van der Waals surface area contributed by atoms with Crippen LogP contribution in [0.2, 0.25) is 0 Å². The fourth-order valence-electron chi connectivity index (χ4n) is 5.75. The van der Waals surface area contributed by atoms with Gasteiger partial charge in [0, 0.05) is 56.8 Å². The first-order valence-corrected chi connectivity index (χ1v) is 16.3. The van der Waals surface area contributed by atoms with Crippen LogP contribution >= 0.6 is 0 Å². The van der Waals surface area contributed by atoms with Crippen molar-refractivity contribution in [3.8, 4) is 11.5 Å². The summed E-state index contributed by atoms with van der Waals surface area (Å²) in [4.78, 5) is 31.4. The summed E-state index contributed by atoms with van der Waals surface area (Å²) >= 11 is 0. The van der Waals surface area contributed by atoms with Crippen molar-refractivity contribution in [1.82, 2.24) is 10.2 Å². The molecule has 0 spiro atoms. The molecule has 280 valence electrons. The normalized spacial score (nSPS) is 27.3. The molecule has 1 aromatic rings. The molecule has 2 bridgehead atoms. The lowest BCUT2D eigenvalue weighted by atomic mass is 9.86. The molecule has 0 aliphatic carbocycles. The molecule has 6 atom stereocenters. The van der Waals surface area contributed by atoms with E-state index in [0.717, 1.165) is 0 Å². The monoisotopic (exact) mass is 711 g/mol. The summed E-state index contributed by atoms with van der Waals surface area (Å²) in [6, 6.07) is 0.569. The summed E-state index contributed by atoms with van der Waals surface area (Å²) in [5.74, 6) is -1.86. The van der Waals surface area contributed by atoms with Crippen LogP contribution in [0.5, 0.6) is 11.5 Å². The highest BCUT2D eigenvalue weighted by atomic mass is 19.4. The summed E-state index contributed by atoms with van der Waals surface area (Å²) in [5.41, 5.74) is 6.52. The van der Waals surface area contributed by atoms with Crippen molar-refractivity contribution in [2.24, 2.45) is 22.6 Å². The number of nitrogens with zero attached hydrogens (tertiary/aromatic N) is 2. The van der Waals surface area contributed by atoms with Gasteiger partial charge in [0.15, 0.2) is 6.10 Å². The van der Waals surface area contributed by atoms with Gasteiger partial charge in [-0.15, -0.1) is 0 Å². The molecule has 0 saturated heterocycles. The van der Waals surface area contributed by atoms with E-state index in [1.165, 1.54) is 32.4 Å². The Balaban J connectivity index is 2.77. The van der Waals surface area contributed by atoms with Gasteiger partial charge < -0.3 is 45.7 Å². The lowest BCUT2D eigenvalue weighted by molar-refractivity contribution is -0.134. The highest BCUT2D eigenvalue weighted by Crippen LogP contribution is 2.44. The molecule has 0 fully saturated rings. The maximum Gasteiger partial charge on any atom is 0.405 e. The van der Waals surface area contributed by atoms with Crippen LogP contribution in [0.4, 0.5) is 29.3 Å². The second-order valence-electron chi connectivity index (χ2n) is 12.9. The number of phenolic OH excluding ortho intramolecular Hbond substituents is 2. The molecule has 1 aliphatic rings. The summed E-state index contributed by atoms with van der Waals surface area (Å²) in [5, 5.41) is 28.2. The Bertz CT molecular complexity index is 1430. The molecule has 6 N–H and O–H groups in total. The molecule has 50 heavy (non-hydrogen) atoms. The SMILES string of the molecule is CO[C@H]1/C=C\C=C(/C)C(=O)Nc2cc(O)c(N=CCN(C)C)c(c2O)C[C@@H](C)C[C@H](OC)[C@H](NCCC(F)(F)F)[C@@H](C)/C=C(\C)[C@@H]1OC(N)=O. The topological polar surface area (TPSA) is 168 Å². The van der Waals surface area contributed by atoms with Crippen LogP contribution in [0, 0.1) is 11.8 Å². The number of methoxy groups -OCH3 is 2. The second kappa shape index (κ2) is 19.5. The number of hydrogen-bond donors (Lipinski definition) is 5. The minimum atomic E-state index is -4.39. The number of allylic oxidation sites excluding steroid dienone is 2. The van der Waals surface area contributed by atoms with Crippen LogP contribution in [-0.4, -0.2) is 105 Å². The van der Waals surface area contributed by atoms with Crippen molar-refractivity contribution in [3.05, 3.63) is 47.1 Å². The number of carbonyl (C=O) groups excluding carboxylic acids is 2. The Morgan fingerprint density at radius 3 is 2.46 bits per heavy atom. The lowest BCUT2D eigenvalue weighted by Crippen LogP contribution is -2.47. The quantitative estimate of drug-likeness (QED) is 0.0979. The van der Waals surface area contributed by atoms with Gasteiger partial charge in [-0.25, -0.2) is 4.79 Å². The van der Waals surface area contributed by atoms with Crippen molar-refractivity contribution < 1.29 is 47.2 Å². The first-order chi connectivity index (χ1) is 23.4. The van der Waals surface area contributed by atoms with Gasteiger partial charge in [0.25, 0.3) is 5.91 Å². The third-order valence-electron chi connectivity index (χ3n) is 8.30. The van der Waals surface area contributed by atoms with Crippen LogP contribution in [0.3, 0.4) is 0 Å². The molecule has 2 rings (SSSR count). The van der Waals surface area contributed by atoms with Gasteiger partial charge in [0.2, 0.25) is 0 Å². The van der Waals surface area contributed by atoms with E-state index in [1.54, 1.807) is 39.1 Å². The van der Waals surface area contributed by atoms with Gasteiger partial charge >= 0.3 is 12.3 Å². The van der Waals surface area contributed by atoms with Gasteiger partial charge in [0.05, 0.1) is 18.2 Å². The Morgan fingerprint density at radius 1 is 1.20 bits per heavy atom. The number of nitrogens with two attached hydrogens (primary N) is 1. The van der Waals surface area contributed by atoms with E-state index in [2.05, 4.69) is 15.6 Å². The Labute approximate surface area is 292 Å². The Kier molecular flexibility index (Phi) is 16.4. The molecule has 2 amide bonds. The number of fused-ring (bicyclic) bond motifs is 2. The number of phenols is 2. The highest BCUT2D eigenvalue weighted by Gasteiger charge is 2.33. The summed E-state index contributed by atoms with van der Waals surface area (Å²) < 4.78 is 56.5. The Morgan fingerprint density at radius 2 is 1.88 bits per heavy atom. The van der Waals surface area contributed by atoms with E-state index in [-0.39, 0.29) is 52.9 Å². The number of halogens is 3. The molecule has 0 aromatic heterocycles. The Hall–Kier alpha value is -3.92. The maximum absolute atomic E-state index is 13.2. The van der Waals surface area contributed by atoms with E-state index in [1.807, 2.05) is 25.9 Å². The largest absolute Gasteiger partial charge is 0.506 e. The highest BCUT2D eigenvalue weighted by molar-refractivity contribution is 6.04. The molecular formula is C35H52F3N5O7. The lowest BCUT2D eigenvalue weighted by Gasteiger charge is -2.33. The third-order valence-corrected chi connectivity index (χ3v) is 8.30. The van der Waals surface area contributed by atoms with Gasteiger partial charge in [-0.2, -0.15) is 13.2 Å². The zero-order chi connectivity index (χ0) is 37.8. The van der Waals surface area contributed by atoms with Crippen molar-refractivity contribution in [2.45, 2.75) is 77.5 Å². The van der Waals surface area contributed by atoms with Crippen LogP contribution < -0.4 is 16.4 Å². The molecule has 15 heteroatoms. The van der Waals surface area contributed by atoms with E-state index in [9.17, 15) is 33.0 Å². The van der Waals surface area contributed by atoms with Gasteiger partial charge in [-0.3, -0.25) is 9.79 Å². The van der Waals surface area contributed by atoms with E-state index in [0.29, 0.717) is 18.5 Å². The van der Waals surface area contributed by atoms with Crippen molar-refractivity contribution in [2.75, 3.05) is 46.7 Å². The van der Waals surface area contributed by atoms with Crippen LogP contribution in [0.25, 0.3) is 0 Å². The molecule has 0 saturated carbocycles. The van der Waals surface area contributed by atoms with Crippen LogP contribution in [-0.2, 0) is 25.4 Å². The van der Waals surface area contributed by atoms with Crippen LogP contribution in [0.15, 0.2) is 46.5 Å². The van der Waals surface area contributed by atoms with Gasteiger partial charge in [-0.05, 0) is 58.2 Å². The molecule has 0 unspecified atom stereocenters. The minimum Gasteiger partial charge on any atom is -0.506 e. The molecule has 12 nitrogen and oxygen atoms in total. The zero-order valence-corrected chi connectivity index (χ0v) is 30.0. The number of primary amides is 1. The molecular weight excluding hydrogens is 659 g/mol. The molecule has 0 radical (unpaired) electrons. The van der Waals surface area contributed by atoms with Crippen molar-refractivity contribution >= 4 is 29.6 Å². The average Bonchev–Trinajstić information content (AvgIpc) is 3.01. The van der Waals surface area contributed by atoms with Crippen molar-refractivity contribution in [1.29, 1.82) is 0 Å². The zero-order valence-electron chi connectivity index (χ0n) is 30.0. The standard InChI is InChI=1S/C35H52F3N5O7/c1-20-16-24-30(41-14-15-43(5)6)26(44)19-25(31(24)45)42-33(46)21(2)10-9-11-27(48-7)32(50-34(39)47)23(4)18-22(3)29(28(17-20)49-8)40-13-12-35(36,37)38/h9-11,14,18-20,22,27-29,32,40,44-45H,12-13,15-17H2,1-8H3,(H2,39,47)(H,42,46)/b11-9-,21-10+,23-18+,41-14?/t20-,22+,27+,28+,29-,32+/m1/s1. The summed E-state index contributed by atoms with van der Waals surface area (Å²) in [6.45, 7) is 6.99. The molecule has 1 heterocycles. The van der Waals surface area contributed by atoms with E-state index < -0.39 is 54.9 Å². The predicted molar refractivity (Wildman–Crippen MR) is 187 cm³/mol. The number of aromatic hydroxyl groups is 2. The summed E-state index contributed by atoms with van der Waals surface area (Å²) in [7, 11) is 6.55. The number of aliphatic imine (C=N–C) groups is 1. The first-order valence-electron chi connectivity index (χ1n) is 16.3. The maximum atomic E-state index is 13.2. The predicted octanol–water partition coefficient (Wildman–Crippen LogP) is 5.37. The molecule has 1 aliphatic heterocycles. The number of ether oxygens (including phenoxy) is 3. The fourth-order valence-corrected chi connectivity index (χ4v) is 5.75. The number of nitrogens with one attached hydrogen (secondary N) is 2. The summed E-state index contributed by atoms with van der Waals surface area (Å²) in [6.07, 6.45) is -0.634. The van der Waals surface area contributed by atoms with Crippen molar-refractivity contribution in [3.63, 3.8) is 0 Å². The number of anilines is 1. The number of carbonyl (C=O) groups is 2. The number of hydrogen-bond acceptors (Lipinski definition) is 10. The molecule has 1 aromatic carbocycles. The fraction of sp³-hybridized carbons (Fsp3) is 0.571. The number of amides is 2. The van der Waals surface area contributed by atoms with E-state index in [4.69, 9.17) is 19.9 Å². The minimum absolute atomic E-state index is 0.0379.